The van der Waals surface area contributed by atoms with Gasteiger partial charge in [0.05, 0.1) is 12.8 Å². The molecule has 4 saturated carbocycles. The smallest absolute Gasteiger partial charge is 0.309 e. The van der Waals surface area contributed by atoms with Gasteiger partial charge in [-0.25, -0.2) is 0 Å². The Morgan fingerprint density at radius 1 is 0.396 bits per heavy atom. The van der Waals surface area contributed by atoms with Crippen LogP contribution in [0.2, 0.25) is 0 Å². The molecule has 260 valence electrons. The van der Waals surface area contributed by atoms with E-state index in [0.717, 1.165) is 35.5 Å². The topological polar surface area (TPSA) is 52.6 Å². The van der Waals surface area contributed by atoms with Crippen LogP contribution in [0.4, 0.5) is 0 Å². The Labute approximate surface area is 290 Å². The van der Waals surface area contributed by atoms with E-state index >= 15 is 0 Å². The fourth-order valence-corrected chi connectivity index (χ4v) is 10.7. The zero-order valence-corrected chi connectivity index (χ0v) is 29.8. The highest BCUT2D eigenvalue weighted by molar-refractivity contribution is 5.75. The molecule has 2 heterocycles. The van der Waals surface area contributed by atoms with E-state index in [0.29, 0.717) is 24.7 Å². The highest BCUT2D eigenvalue weighted by Gasteiger charge is 2.41. The number of ether oxygens (including phenoxy) is 2. The molecule has 4 heteroatoms. The average Bonchev–Trinajstić information content (AvgIpc) is 3.10. The summed E-state index contributed by atoms with van der Waals surface area (Å²) in [6.07, 6.45) is 23.5. The number of benzene rings is 2. The molecule has 2 aliphatic heterocycles. The maximum absolute atomic E-state index is 11.0. The lowest BCUT2D eigenvalue weighted by Gasteiger charge is -2.41. The third-order valence-corrected chi connectivity index (χ3v) is 14.0. The summed E-state index contributed by atoms with van der Waals surface area (Å²) >= 11 is 0. The monoisotopic (exact) mass is 652 g/mol. The first kappa shape index (κ1) is 33.9. The standard InChI is InChI=1S/2C22H30O2/c2*1-15-2-4-16(5-3-15)17-6-8-18(9-7-17)19-10-12-20(13-11-19)21-14-22(23)24-21/h2*2-5,17-21H,6-14H2,1H3. The van der Waals surface area contributed by atoms with Crippen LogP contribution >= 0.6 is 0 Å². The summed E-state index contributed by atoms with van der Waals surface area (Å²) in [5.41, 5.74) is 5.83. The Hall–Kier alpha value is -2.62. The Morgan fingerprint density at radius 2 is 0.646 bits per heavy atom. The van der Waals surface area contributed by atoms with Gasteiger partial charge >= 0.3 is 11.9 Å². The highest BCUT2D eigenvalue weighted by Crippen LogP contribution is 2.47. The van der Waals surface area contributed by atoms with E-state index in [1.54, 1.807) is 11.1 Å². The van der Waals surface area contributed by atoms with E-state index in [4.69, 9.17) is 9.47 Å². The molecule has 2 atom stereocenters. The van der Waals surface area contributed by atoms with E-state index < -0.39 is 0 Å². The maximum Gasteiger partial charge on any atom is 0.309 e. The van der Waals surface area contributed by atoms with Crippen molar-refractivity contribution < 1.29 is 19.1 Å². The number of carbonyl (C=O) groups excluding carboxylic acids is 2. The largest absolute Gasteiger partial charge is 0.461 e. The van der Waals surface area contributed by atoms with E-state index in [1.165, 1.54) is 114 Å². The summed E-state index contributed by atoms with van der Waals surface area (Å²) in [6.45, 7) is 4.34. The molecule has 48 heavy (non-hydrogen) atoms. The van der Waals surface area contributed by atoms with Crippen molar-refractivity contribution in [2.24, 2.45) is 35.5 Å². The first-order valence-corrected chi connectivity index (χ1v) is 19.9. The summed E-state index contributed by atoms with van der Waals surface area (Å²) in [5, 5.41) is 0. The summed E-state index contributed by atoms with van der Waals surface area (Å²) in [5.74, 6) is 6.64. The van der Waals surface area contributed by atoms with E-state index in [2.05, 4.69) is 62.4 Å². The Balaban J connectivity index is 0.000000152. The second kappa shape index (κ2) is 15.5. The normalized spacial score (nSPS) is 36.7. The third kappa shape index (κ3) is 8.22. The number of hydrogen-bond acceptors (Lipinski definition) is 4. The number of rotatable bonds is 6. The predicted octanol–water partition coefficient (Wildman–Crippen LogP) is 10.8. The van der Waals surface area contributed by atoms with Crippen molar-refractivity contribution in [1.82, 2.24) is 0 Å². The lowest BCUT2D eigenvalue weighted by Crippen LogP contribution is -2.41. The van der Waals surface area contributed by atoms with Crippen LogP contribution in [0.3, 0.4) is 0 Å². The fraction of sp³-hybridized carbons (Fsp3) is 0.682. The zero-order valence-electron chi connectivity index (χ0n) is 29.8. The van der Waals surface area contributed by atoms with Crippen molar-refractivity contribution in [3.05, 3.63) is 70.8 Å². The third-order valence-electron chi connectivity index (χ3n) is 14.0. The van der Waals surface area contributed by atoms with E-state index in [-0.39, 0.29) is 24.1 Å². The molecule has 6 aliphatic rings. The van der Waals surface area contributed by atoms with Gasteiger partial charge < -0.3 is 9.47 Å². The van der Waals surface area contributed by atoms with Crippen LogP contribution in [0.25, 0.3) is 0 Å². The molecule has 0 N–H and O–H groups in total. The number of aryl methyl sites for hydroxylation is 2. The molecule has 2 aromatic rings. The summed E-state index contributed by atoms with van der Waals surface area (Å²) < 4.78 is 10.6. The SMILES string of the molecule is Cc1ccc(C2CCC(C3CCC(C4CC(=O)O4)CC3)CC2)cc1.Cc1ccc(C2CCC(C3CCC(C4CC(=O)O4)CC3)CC2)cc1. The van der Waals surface area contributed by atoms with Crippen LogP contribution in [0.5, 0.6) is 0 Å². The van der Waals surface area contributed by atoms with Crippen molar-refractivity contribution in [2.45, 2.75) is 153 Å². The van der Waals surface area contributed by atoms with Crippen LogP contribution in [0.1, 0.15) is 150 Å². The minimum absolute atomic E-state index is 0.0107. The Kier molecular flexibility index (Phi) is 10.9. The van der Waals surface area contributed by atoms with Crippen molar-refractivity contribution in [1.29, 1.82) is 0 Å². The predicted molar refractivity (Wildman–Crippen MR) is 192 cm³/mol. The van der Waals surface area contributed by atoms with Crippen LogP contribution in [-0.4, -0.2) is 24.1 Å². The Bertz CT molecular complexity index is 1210. The average molecular weight is 653 g/mol. The molecule has 6 fully saturated rings. The summed E-state index contributed by atoms with van der Waals surface area (Å²) in [7, 11) is 0. The molecular weight excluding hydrogens is 592 g/mol. The molecule has 2 saturated heterocycles. The van der Waals surface area contributed by atoms with Gasteiger partial charge in [0.2, 0.25) is 0 Å². The van der Waals surface area contributed by atoms with Gasteiger partial charge in [0.25, 0.3) is 0 Å². The number of carbonyl (C=O) groups is 2. The molecule has 0 radical (unpaired) electrons. The van der Waals surface area contributed by atoms with Crippen LogP contribution < -0.4 is 0 Å². The summed E-state index contributed by atoms with van der Waals surface area (Å²) in [6, 6.07) is 18.4. The lowest BCUT2D eigenvalue weighted by atomic mass is 9.67. The number of cyclic esters (lactones) is 2. The van der Waals surface area contributed by atoms with Gasteiger partial charge in [0, 0.05) is 0 Å². The number of hydrogen-bond donors (Lipinski definition) is 0. The molecule has 0 amide bonds. The van der Waals surface area contributed by atoms with E-state index in [1.807, 2.05) is 0 Å². The van der Waals surface area contributed by atoms with Gasteiger partial charge in [-0.2, -0.15) is 0 Å². The molecule has 0 bridgehead atoms. The molecule has 0 spiro atoms. The minimum atomic E-state index is 0.0107. The molecule has 4 nitrogen and oxygen atoms in total. The van der Waals surface area contributed by atoms with Crippen molar-refractivity contribution >= 4 is 11.9 Å². The lowest BCUT2D eigenvalue weighted by molar-refractivity contribution is -0.177. The maximum atomic E-state index is 11.0. The molecule has 2 unspecified atom stereocenters. The van der Waals surface area contributed by atoms with E-state index in [9.17, 15) is 9.59 Å². The van der Waals surface area contributed by atoms with Gasteiger partial charge in [-0.05, 0) is 175 Å². The molecule has 4 aliphatic carbocycles. The summed E-state index contributed by atoms with van der Waals surface area (Å²) in [4.78, 5) is 22.0. The van der Waals surface area contributed by atoms with Crippen molar-refractivity contribution in [2.75, 3.05) is 0 Å². The zero-order chi connectivity index (χ0) is 33.0. The molecule has 2 aromatic carbocycles. The second-order valence-corrected chi connectivity index (χ2v) is 16.9. The highest BCUT2D eigenvalue weighted by atomic mass is 16.6. The van der Waals surface area contributed by atoms with Gasteiger partial charge in [0.15, 0.2) is 0 Å². The number of esters is 2. The molecule has 8 rings (SSSR count). The first-order valence-electron chi connectivity index (χ1n) is 19.9. The molecular formula is C44H60O4. The first-order chi connectivity index (χ1) is 23.4. The minimum Gasteiger partial charge on any atom is -0.461 e. The van der Waals surface area contributed by atoms with Gasteiger partial charge in [0.1, 0.15) is 12.2 Å². The van der Waals surface area contributed by atoms with Crippen LogP contribution in [0.15, 0.2) is 48.5 Å². The van der Waals surface area contributed by atoms with Crippen LogP contribution in [0, 0.1) is 49.4 Å². The Morgan fingerprint density at radius 3 is 0.917 bits per heavy atom. The van der Waals surface area contributed by atoms with Gasteiger partial charge in [-0.1, -0.05) is 59.7 Å². The second-order valence-electron chi connectivity index (χ2n) is 16.9. The van der Waals surface area contributed by atoms with Crippen molar-refractivity contribution in [3.8, 4) is 0 Å². The van der Waals surface area contributed by atoms with Crippen LogP contribution in [-0.2, 0) is 19.1 Å². The quantitative estimate of drug-likeness (QED) is 0.291. The van der Waals surface area contributed by atoms with Crippen molar-refractivity contribution in [3.63, 3.8) is 0 Å². The van der Waals surface area contributed by atoms with Gasteiger partial charge in [-0.15, -0.1) is 0 Å². The molecule has 0 aromatic heterocycles. The fourth-order valence-electron chi connectivity index (χ4n) is 10.7. The van der Waals surface area contributed by atoms with Gasteiger partial charge in [-0.3, -0.25) is 9.59 Å².